The molecule has 2 saturated heterocycles. The van der Waals surface area contributed by atoms with Gasteiger partial charge in [0.15, 0.2) is 0 Å². The van der Waals surface area contributed by atoms with Crippen LogP contribution in [-0.4, -0.2) is 121 Å². The van der Waals surface area contributed by atoms with Crippen molar-refractivity contribution in [1.29, 1.82) is 0 Å². The van der Waals surface area contributed by atoms with Crippen LogP contribution < -0.4 is 10.6 Å². The second kappa shape index (κ2) is 13.9. The van der Waals surface area contributed by atoms with Crippen LogP contribution in [0.5, 0.6) is 0 Å². The molecule has 0 spiro atoms. The van der Waals surface area contributed by atoms with Crippen LogP contribution >= 0.6 is 0 Å². The Morgan fingerprint density at radius 1 is 0.667 bits per heavy atom. The van der Waals surface area contributed by atoms with E-state index in [4.69, 9.17) is 20.4 Å². The highest BCUT2D eigenvalue weighted by atomic mass is 16.3. The van der Waals surface area contributed by atoms with Crippen LogP contribution in [0.2, 0.25) is 0 Å². The van der Waals surface area contributed by atoms with E-state index in [2.05, 4.69) is 20.4 Å². The molecule has 0 aliphatic carbocycles. The van der Waals surface area contributed by atoms with Gasteiger partial charge in [-0.2, -0.15) is 0 Å². The van der Waals surface area contributed by atoms with Crippen LogP contribution in [0.25, 0.3) is 0 Å². The van der Waals surface area contributed by atoms with Crippen LogP contribution in [0.4, 0.5) is 0 Å². The first-order valence-electron chi connectivity index (χ1n) is 9.09. The summed E-state index contributed by atoms with van der Waals surface area (Å²) >= 11 is 0. The number of β-amino-alcohol motifs (C(OH)–C–C–N with tert-alkyl or cyclic N) is 2. The summed E-state index contributed by atoms with van der Waals surface area (Å²) in [6.45, 7) is 8.13. The molecule has 144 valence electrons. The van der Waals surface area contributed by atoms with Gasteiger partial charge in [0.05, 0.1) is 13.2 Å². The number of nitrogens with one attached hydrogen (secondary N) is 2. The molecule has 2 heterocycles. The summed E-state index contributed by atoms with van der Waals surface area (Å²) in [7, 11) is 0. The molecule has 8 nitrogen and oxygen atoms in total. The molecule has 6 N–H and O–H groups in total. The van der Waals surface area contributed by atoms with Crippen molar-refractivity contribution in [3.8, 4) is 0 Å². The van der Waals surface area contributed by atoms with Crippen LogP contribution in [0.15, 0.2) is 0 Å². The molecule has 0 aromatic rings. The summed E-state index contributed by atoms with van der Waals surface area (Å²) < 4.78 is 0. The zero-order chi connectivity index (χ0) is 17.6. The fourth-order valence-electron chi connectivity index (χ4n) is 3.32. The highest BCUT2D eigenvalue weighted by molar-refractivity contribution is 4.79. The third-order valence-electron chi connectivity index (χ3n) is 4.64. The number of nitrogens with zero attached hydrogens (tertiary/aromatic N) is 2. The van der Waals surface area contributed by atoms with E-state index in [0.717, 1.165) is 65.2 Å². The largest absolute Gasteiger partial charge is 0.396 e. The molecule has 2 aliphatic heterocycles. The van der Waals surface area contributed by atoms with Crippen molar-refractivity contribution in [3.63, 3.8) is 0 Å². The molecule has 8 heteroatoms. The Kier molecular flexibility index (Phi) is 12.6. The van der Waals surface area contributed by atoms with Crippen molar-refractivity contribution in [3.05, 3.63) is 0 Å². The van der Waals surface area contributed by atoms with E-state index in [1.165, 1.54) is 0 Å². The minimum atomic E-state index is 0.210. The first kappa shape index (κ1) is 21.7. The van der Waals surface area contributed by atoms with Gasteiger partial charge in [0, 0.05) is 77.7 Å². The van der Waals surface area contributed by atoms with E-state index in [0.29, 0.717) is 12.1 Å². The van der Waals surface area contributed by atoms with Gasteiger partial charge >= 0.3 is 0 Å². The van der Waals surface area contributed by atoms with Gasteiger partial charge in [0.25, 0.3) is 0 Å². The van der Waals surface area contributed by atoms with Gasteiger partial charge in [-0.05, 0) is 12.8 Å². The maximum Gasteiger partial charge on any atom is 0.0558 e. The third kappa shape index (κ3) is 8.17. The molecular formula is C16H36N4O4. The number of aliphatic hydroxyl groups excluding tert-OH is 4. The Bertz CT molecular complexity index is 235. The monoisotopic (exact) mass is 348 g/mol. The molecule has 0 aromatic carbocycles. The quantitative estimate of drug-likeness (QED) is 0.280. The van der Waals surface area contributed by atoms with E-state index in [-0.39, 0.29) is 26.4 Å². The lowest BCUT2D eigenvalue weighted by Crippen LogP contribution is -2.52. The van der Waals surface area contributed by atoms with E-state index in [1.807, 2.05) is 0 Å². The highest BCUT2D eigenvalue weighted by Crippen LogP contribution is 2.06. The SMILES string of the molecule is OCCC1CNCCN1CCO.OCCC1CNCCN1CCO. The van der Waals surface area contributed by atoms with Crippen molar-refractivity contribution >= 4 is 0 Å². The Balaban J connectivity index is 0.000000240. The summed E-state index contributed by atoms with van der Waals surface area (Å²) in [5, 5.41) is 41.7. The first-order valence-corrected chi connectivity index (χ1v) is 9.09. The number of hydrogen-bond donors (Lipinski definition) is 6. The average Bonchev–Trinajstić information content (AvgIpc) is 2.60. The molecule has 0 aromatic heterocycles. The van der Waals surface area contributed by atoms with Crippen LogP contribution in [-0.2, 0) is 0 Å². The van der Waals surface area contributed by atoms with E-state index in [1.54, 1.807) is 0 Å². The van der Waals surface area contributed by atoms with Gasteiger partial charge in [-0.15, -0.1) is 0 Å². The maximum atomic E-state index is 8.79. The van der Waals surface area contributed by atoms with Crippen LogP contribution in [0, 0.1) is 0 Å². The molecular weight excluding hydrogens is 312 g/mol. The standard InChI is InChI=1S/2C8H18N2O2/c2*11-5-1-8-7-9-2-3-10(8)4-6-12/h2*8-9,11-12H,1-7H2. The predicted molar refractivity (Wildman–Crippen MR) is 94.0 cm³/mol. The minimum absolute atomic E-state index is 0.210. The molecule has 2 fully saturated rings. The fraction of sp³-hybridized carbons (Fsp3) is 1.00. The van der Waals surface area contributed by atoms with Crippen LogP contribution in [0.1, 0.15) is 12.8 Å². The number of aliphatic hydroxyl groups is 4. The maximum absolute atomic E-state index is 8.79. The summed E-state index contributed by atoms with van der Waals surface area (Å²) in [4.78, 5) is 4.46. The van der Waals surface area contributed by atoms with Gasteiger partial charge in [-0.3, -0.25) is 9.80 Å². The number of hydrogen-bond acceptors (Lipinski definition) is 8. The Morgan fingerprint density at radius 2 is 1.08 bits per heavy atom. The average molecular weight is 348 g/mol. The van der Waals surface area contributed by atoms with E-state index >= 15 is 0 Å². The summed E-state index contributed by atoms with van der Waals surface area (Å²) in [6, 6.07) is 0.798. The van der Waals surface area contributed by atoms with Crippen molar-refractivity contribution in [1.82, 2.24) is 20.4 Å². The molecule has 0 radical (unpaired) electrons. The third-order valence-corrected chi connectivity index (χ3v) is 4.64. The summed E-state index contributed by atoms with van der Waals surface area (Å²) in [5.74, 6) is 0. The van der Waals surface area contributed by atoms with Crippen LogP contribution in [0.3, 0.4) is 0 Å². The second-order valence-corrected chi connectivity index (χ2v) is 6.26. The van der Waals surface area contributed by atoms with Crippen molar-refractivity contribution in [2.75, 3.05) is 78.8 Å². The summed E-state index contributed by atoms with van der Waals surface area (Å²) in [5.41, 5.74) is 0. The Labute approximate surface area is 145 Å². The molecule has 0 bridgehead atoms. The van der Waals surface area contributed by atoms with E-state index < -0.39 is 0 Å². The van der Waals surface area contributed by atoms with Gasteiger partial charge in [-0.25, -0.2) is 0 Å². The van der Waals surface area contributed by atoms with Crippen molar-refractivity contribution in [2.45, 2.75) is 24.9 Å². The Morgan fingerprint density at radius 3 is 1.42 bits per heavy atom. The molecule has 0 saturated carbocycles. The first-order chi connectivity index (χ1) is 11.8. The second-order valence-electron chi connectivity index (χ2n) is 6.26. The van der Waals surface area contributed by atoms with Gasteiger partial charge in [0.2, 0.25) is 0 Å². The smallest absolute Gasteiger partial charge is 0.0558 e. The van der Waals surface area contributed by atoms with Gasteiger partial charge in [0.1, 0.15) is 0 Å². The lowest BCUT2D eigenvalue weighted by molar-refractivity contribution is 0.106. The zero-order valence-electron chi connectivity index (χ0n) is 14.7. The topological polar surface area (TPSA) is 111 Å². The lowest BCUT2D eigenvalue weighted by atomic mass is 10.1. The fourth-order valence-corrected chi connectivity index (χ4v) is 3.32. The zero-order valence-corrected chi connectivity index (χ0v) is 14.7. The minimum Gasteiger partial charge on any atom is -0.396 e. The number of piperazine rings is 2. The van der Waals surface area contributed by atoms with Crippen molar-refractivity contribution in [2.24, 2.45) is 0 Å². The molecule has 0 amide bonds. The van der Waals surface area contributed by atoms with Gasteiger partial charge < -0.3 is 31.1 Å². The molecule has 2 atom stereocenters. The normalized spacial score (nSPS) is 26.0. The summed E-state index contributed by atoms with van der Waals surface area (Å²) in [6.07, 6.45) is 1.60. The molecule has 2 aliphatic rings. The molecule has 2 rings (SSSR count). The predicted octanol–water partition coefficient (Wildman–Crippen LogP) is -2.73. The molecule has 24 heavy (non-hydrogen) atoms. The van der Waals surface area contributed by atoms with Crippen molar-refractivity contribution < 1.29 is 20.4 Å². The lowest BCUT2D eigenvalue weighted by Gasteiger charge is -2.35. The number of rotatable bonds is 8. The Hall–Kier alpha value is -0.320. The molecule has 2 unspecified atom stereocenters. The van der Waals surface area contributed by atoms with E-state index in [9.17, 15) is 0 Å². The highest BCUT2D eigenvalue weighted by Gasteiger charge is 2.21. The van der Waals surface area contributed by atoms with Gasteiger partial charge in [-0.1, -0.05) is 0 Å².